The van der Waals surface area contributed by atoms with Crippen molar-refractivity contribution in [3.63, 3.8) is 0 Å². The zero-order valence-corrected chi connectivity index (χ0v) is 54.8. The second kappa shape index (κ2) is 27.1. The highest BCUT2D eigenvalue weighted by Gasteiger charge is 2.58. The maximum atomic E-state index is 15.8. The first kappa shape index (κ1) is 74.8. The molecule has 13 rings (SSSR count). The molecule has 0 unspecified atom stereocenters. The molecule has 0 aliphatic carbocycles. The summed E-state index contributed by atoms with van der Waals surface area (Å²) in [6, 6.07) is 3.05. The first-order valence-electron chi connectivity index (χ1n) is 31.2. The minimum absolute atomic E-state index is 0.236. The molecule has 0 radical (unpaired) electrons. The SMILES string of the molecule is O=C(O[C@@H]1O[C@@H]2COC(=O)c3cc(O)c(O)c(O)c3-c3c(O)c(O)c(Oc4cc(C(=O)O[C@@H]5O[C@H](CO)[C@@H](O)[C@@H]6OC(=O)c7cc(O)c(O)c(O)c7-c7c(cc(O)c(O)c7O)C(=O)O[C@@H]56)cc(O)c4O)c(O)c3C(=O)O[C@@H]3[C@H]1OC(=O)c1cc(O)c(O)c(O)c1-c1c(cc(O)c(O)c1O)C(=O)O[C@@H]32)c1cc(O)c(O)c(O)c1. The Morgan fingerprint density at radius 3 is 1.08 bits per heavy atom. The molecule has 0 aromatic heterocycles. The molecule has 584 valence electrons. The molecule has 5 aliphatic heterocycles. The van der Waals surface area contributed by atoms with Crippen LogP contribution < -0.4 is 4.74 Å². The van der Waals surface area contributed by atoms with Gasteiger partial charge in [0.1, 0.15) is 30.5 Å². The van der Waals surface area contributed by atoms with Crippen LogP contribution in [0.15, 0.2) is 54.6 Å². The standard InChI is InChI=1S/C68H48O44/c69-10-28-44(85)55-57(109-64(99)17-8-25(76)41(82)47(88)32(17)31-16(63(98)107-55)7-24(75)40(81)46(31)87)67(104-28)112-60(95)13-3-21(72)38(79)27(4-13)103-54-51(92)36-35(50(91)52(54)93)34-14(5-22(73)43(84)49(34)90)61(96)102-11-29-53-56(108-66(36)101)58(68(105-29)111-59(94)12-1-19(70)37(78)20(71)2-12)110-65(100)18-9-26(77)42(83)48(89)33(18)30-15(62(97)106-53)6-23(74)39(80)45(30)86/h1-9,28-29,44,53,55-58,67-93H,10-11H2/t28-,29-,44-,53-,55+,56+,57-,58-,67+,68+/m1/s1. The third-order valence-electron chi connectivity index (χ3n) is 17.9. The van der Waals surface area contributed by atoms with E-state index in [4.69, 9.17) is 52.1 Å². The zero-order chi connectivity index (χ0) is 81.5. The molecule has 2 saturated heterocycles. The molecular formula is C68H48O44. The Hall–Kier alpha value is -15.4. The predicted octanol–water partition coefficient (Wildman–Crippen LogP) is 1.75. The molecule has 112 heavy (non-hydrogen) atoms. The van der Waals surface area contributed by atoms with E-state index in [1.807, 2.05) is 0 Å². The molecule has 4 bridgehead atoms. The van der Waals surface area contributed by atoms with E-state index in [9.17, 15) is 161 Å². The smallest absolute Gasteiger partial charge is 0.343 e. The number of phenolic OH excluding ortho intramolecular Hbond substituents is 23. The summed E-state index contributed by atoms with van der Waals surface area (Å²) in [4.78, 5) is 118. The minimum atomic E-state index is -2.97. The van der Waals surface area contributed by atoms with Gasteiger partial charge in [0.2, 0.25) is 70.8 Å². The molecular weight excluding hydrogens is 1520 g/mol. The van der Waals surface area contributed by atoms with Crippen LogP contribution in [0.4, 0.5) is 0 Å². The van der Waals surface area contributed by atoms with Gasteiger partial charge in [0.15, 0.2) is 116 Å². The highest BCUT2D eigenvalue weighted by molar-refractivity contribution is 6.12. The predicted molar refractivity (Wildman–Crippen MR) is 344 cm³/mol. The van der Waals surface area contributed by atoms with Gasteiger partial charge in [0.05, 0.1) is 51.1 Å². The fourth-order valence-electron chi connectivity index (χ4n) is 12.6. The summed E-state index contributed by atoms with van der Waals surface area (Å²) < 4.78 is 61.8. The van der Waals surface area contributed by atoms with Crippen molar-refractivity contribution < 1.29 is 218 Å². The third kappa shape index (κ3) is 11.9. The van der Waals surface area contributed by atoms with Crippen molar-refractivity contribution in [2.75, 3.05) is 13.2 Å². The second-order valence-electron chi connectivity index (χ2n) is 24.5. The van der Waals surface area contributed by atoms with Crippen molar-refractivity contribution in [3.05, 3.63) is 99.1 Å². The zero-order valence-electron chi connectivity index (χ0n) is 54.8. The molecule has 44 heteroatoms. The summed E-state index contributed by atoms with van der Waals surface area (Å²) in [7, 11) is 0. The summed E-state index contributed by atoms with van der Waals surface area (Å²) in [6.07, 6.45) is -26.1. The van der Waals surface area contributed by atoms with Crippen LogP contribution in [0.1, 0.15) is 82.9 Å². The molecule has 44 nitrogen and oxygen atoms in total. The molecule has 25 N–H and O–H groups in total. The van der Waals surface area contributed by atoms with E-state index in [0.717, 1.165) is 0 Å². The van der Waals surface area contributed by atoms with Crippen molar-refractivity contribution in [3.8, 4) is 177 Å². The molecule has 0 amide bonds. The van der Waals surface area contributed by atoms with E-state index in [-0.39, 0.29) is 18.2 Å². The van der Waals surface area contributed by atoms with E-state index in [1.165, 1.54) is 0 Å². The number of esters is 8. The number of aliphatic hydroxyl groups is 2. The molecule has 8 aromatic rings. The number of fused-ring (bicyclic) bond motifs is 10. The largest absolute Gasteiger partial charge is 0.504 e. The number of cyclic esters (lactones) is 1. The van der Waals surface area contributed by atoms with Gasteiger partial charge in [-0.05, 0) is 54.6 Å². The Labute approximate surface area is 614 Å². The van der Waals surface area contributed by atoms with Crippen LogP contribution in [0.3, 0.4) is 0 Å². The molecule has 8 aromatic carbocycles. The molecule has 5 heterocycles. The lowest BCUT2D eigenvalue weighted by Gasteiger charge is -2.44. The number of aliphatic hydroxyl groups excluding tert-OH is 2. The van der Waals surface area contributed by atoms with E-state index >= 15 is 4.79 Å². The topological polar surface area (TPSA) is 744 Å². The quantitative estimate of drug-likeness (QED) is 0.0468. The van der Waals surface area contributed by atoms with Gasteiger partial charge in [-0.2, -0.15) is 0 Å². The van der Waals surface area contributed by atoms with Crippen LogP contribution in [0.25, 0.3) is 33.4 Å². The van der Waals surface area contributed by atoms with Gasteiger partial charge < -0.3 is 180 Å². The fraction of sp³-hybridized carbons (Fsp3) is 0.176. The minimum Gasteiger partial charge on any atom is -0.504 e. The second-order valence-corrected chi connectivity index (χ2v) is 24.5. The summed E-state index contributed by atoms with van der Waals surface area (Å²) in [5.41, 5.74) is -18.1. The summed E-state index contributed by atoms with van der Waals surface area (Å²) in [5.74, 6) is -54.3. The Bertz CT molecular complexity index is 5480. The normalized spacial score (nSPS) is 21.2. The van der Waals surface area contributed by atoms with Gasteiger partial charge in [-0.3, -0.25) is 0 Å². The van der Waals surface area contributed by atoms with Gasteiger partial charge in [-0.25, -0.2) is 38.4 Å². The number of carbonyl (C=O) groups is 8. The van der Waals surface area contributed by atoms with E-state index in [0.29, 0.717) is 36.4 Å². The molecule has 2 fully saturated rings. The van der Waals surface area contributed by atoms with Crippen LogP contribution in [0, 0.1) is 0 Å². The summed E-state index contributed by atoms with van der Waals surface area (Å²) in [6.45, 7) is -2.83. The van der Waals surface area contributed by atoms with Crippen LogP contribution in [-0.4, -0.2) is 250 Å². The van der Waals surface area contributed by atoms with Crippen molar-refractivity contribution in [1.82, 2.24) is 0 Å². The Morgan fingerprint density at radius 1 is 0.330 bits per heavy atom. The lowest BCUT2D eigenvalue weighted by molar-refractivity contribution is -0.283. The number of carbonyl (C=O) groups excluding carboxylic acids is 8. The average Bonchev–Trinajstić information content (AvgIpc) is 1.01. The number of ether oxygens (including phenoxy) is 11. The van der Waals surface area contributed by atoms with E-state index in [2.05, 4.69) is 0 Å². The third-order valence-corrected chi connectivity index (χ3v) is 17.9. The number of phenols is 23. The summed E-state index contributed by atoms with van der Waals surface area (Å²) in [5, 5.41) is 276. The maximum Gasteiger partial charge on any atom is 0.343 e. The van der Waals surface area contributed by atoms with Crippen LogP contribution in [0.5, 0.6) is 144 Å². The molecule has 0 spiro atoms. The number of aromatic hydroxyl groups is 23. The average molecular weight is 1570 g/mol. The van der Waals surface area contributed by atoms with Crippen molar-refractivity contribution >= 4 is 47.8 Å². The number of rotatable bonds is 7. The Balaban J connectivity index is 0.948. The Kier molecular flexibility index (Phi) is 18.1. The monoisotopic (exact) mass is 1570 g/mol. The lowest BCUT2D eigenvalue weighted by atomic mass is 9.90. The molecule has 0 saturated carbocycles. The summed E-state index contributed by atoms with van der Waals surface area (Å²) >= 11 is 0. The highest BCUT2D eigenvalue weighted by atomic mass is 16.8. The van der Waals surface area contributed by atoms with Gasteiger partial charge in [0, 0.05) is 27.8 Å². The molecule has 5 aliphatic rings. The van der Waals surface area contributed by atoms with Crippen molar-refractivity contribution in [2.24, 2.45) is 0 Å². The van der Waals surface area contributed by atoms with E-state index in [1.54, 1.807) is 0 Å². The highest BCUT2D eigenvalue weighted by Crippen LogP contribution is 2.60. The van der Waals surface area contributed by atoms with Gasteiger partial charge in [-0.15, -0.1) is 0 Å². The van der Waals surface area contributed by atoms with Crippen molar-refractivity contribution in [2.45, 2.75) is 61.4 Å². The number of benzene rings is 8. The fourth-order valence-corrected chi connectivity index (χ4v) is 12.6. The lowest BCUT2D eigenvalue weighted by Crippen LogP contribution is -2.63. The number of hydrogen-bond donors (Lipinski definition) is 25. The number of hydrogen-bond acceptors (Lipinski definition) is 44. The van der Waals surface area contributed by atoms with E-state index < -0.39 is 344 Å². The van der Waals surface area contributed by atoms with Crippen LogP contribution in [0.2, 0.25) is 0 Å². The van der Waals surface area contributed by atoms with Crippen molar-refractivity contribution in [1.29, 1.82) is 0 Å². The molecule has 10 atom stereocenters. The first-order chi connectivity index (χ1) is 52.8. The van der Waals surface area contributed by atoms with Gasteiger partial charge in [-0.1, -0.05) is 0 Å². The maximum absolute atomic E-state index is 15.8. The van der Waals surface area contributed by atoms with Crippen LogP contribution >= 0.6 is 0 Å². The first-order valence-corrected chi connectivity index (χ1v) is 31.2. The van der Waals surface area contributed by atoms with Gasteiger partial charge in [0.25, 0.3) is 0 Å². The Morgan fingerprint density at radius 2 is 0.661 bits per heavy atom. The van der Waals surface area contributed by atoms with Gasteiger partial charge >= 0.3 is 47.8 Å². The van der Waals surface area contributed by atoms with Crippen LogP contribution in [-0.2, 0) is 47.4 Å².